The van der Waals surface area contributed by atoms with Crippen molar-refractivity contribution in [2.75, 3.05) is 53.2 Å². The van der Waals surface area contributed by atoms with Crippen LogP contribution in [0.5, 0.6) is 0 Å². The molecular formula is C11H25NO4. The Morgan fingerprint density at radius 2 is 1.69 bits per heavy atom. The zero-order valence-electron chi connectivity index (χ0n) is 10.7. The largest absolute Gasteiger partial charge is 0.382 e. The molecule has 0 aliphatic carbocycles. The number of hydrogen-bond acceptors (Lipinski definition) is 5. The molecule has 0 atom stereocenters. The number of rotatable bonds is 12. The maximum atomic E-state index is 5.38. The minimum Gasteiger partial charge on any atom is -0.382 e. The summed E-state index contributed by atoms with van der Waals surface area (Å²) < 4.78 is 20.9. The molecule has 0 rings (SSSR count). The van der Waals surface area contributed by atoms with E-state index < -0.39 is 0 Å². The van der Waals surface area contributed by atoms with Crippen LogP contribution in [-0.2, 0) is 18.9 Å². The molecule has 98 valence electrons. The molecule has 0 radical (unpaired) electrons. The number of methoxy groups -OCH3 is 1. The minimum atomic E-state index is -0.158. The Labute approximate surface area is 98.4 Å². The van der Waals surface area contributed by atoms with Gasteiger partial charge in [-0.1, -0.05) is 0 Å². The highest BCUT2D eigenvalue weighted by molar-refractivity contribution is 4.51. The van der Waals surface area contributed by atoms with Gasteiger partial charge in [0, 0.05) is 33.4 Å². The third kappa shape index (κ3) is 10.3. The molecule has 0 aromatic rings. The smallest absolute Gasteiger partial charge is 0.169 e. The lowest BCUT2D eigenvalue weighted by Gasteiger charge is -2.17. The normalized spacial score (nSPS) is 11.2. The first-order valence-corrected chi connectivity index (χ1v) is 5.85. The average molecular weight is 235 g/mol. The Balaban J connectivity index is 3.25. The van der Waals surface area contributed by atoms with E-state index in [2.05, 4.69) is 5.32 Å². The molecule has 0 heterocycles. The van der Waals surface area contributed by atoms with Gasteiger partial charge in [0.2, 0.25) is 0 Å². The summed E-state index contributed by atoms with van der Waals surface area (Å²) in [6, 6.07) is 0. The van der Waals surface area contributed by atoms with Crippen molar-refractivity contribution in [2.45, 2.75) is 20.1 Å². The zero-order chi connectivity index (χ0) is 12.1. The van der Waals surface area contributed by atoms with Crippen LogP contribution in [0.3, 0.4) is 0 Å². The minimum absolute atomic E-state index is 0.158. The van der Waals surface area contributed by atoms with Crippen molar-refractivity contribution in [3.8, 4) is 0 Å². The van der Waals surface area contributed by atoms with Crippen LogP contribution >= 0.6 is 0 Å². The highest BCUT2D eigenvalue weighted by Crippen LogP contribution is 1.92. The first kappa shape index (κ1) is 15.8. The van der Waals surface area contributed by atoms with Gasteiger partial charge in [-0.05, 0) is 13.8 Å². The molecule has 0 aliphatic heterocycles. The number of hydrogen-bond donors (Lipinski definition) is 1. The third-order valence-corrected chi connectivity index (χ3v) is 1.87. The van der Waals surface area contributed by atoms with Gasteiger partial charge >= 0.3 is 0 Å². The summed E-state index contributed by atoms with van der Waals surface area (Å²) in [6.45, 7) is 8.68. The lowest BCUT2D eigenvalue weighted by molar-refractivity contribution is -0.133. The Kier molecular flexibility index (Phi) is 12.7. The summed E-state index contributed by atoms with van der Waals surface area (Å²) in [7, 11) is 1.66. The standard InChI is InChI=1S/C11H25NO4/c1-4-15-11(16-5-2)10-12-6-7-14-9-8-13-3/h11-12H,4-10H2,1-3H3. The van der Waals surface area contributed by atoms with E-state index in [9.17, 15) is 0 Å². The van der Waals surface area contributed by atoms with Gasteiger partial charge < -0.3 is 24.3 Å². The fourth-order valence-electron chi connectivity index (χ4n) is 1.15. The molecule has 0 bridgehead atoms. The molecule has 0 unspecified atom stereocenters. The van der Waals surface area contributed by atoms with Crippen molar-refractivity contribution in [1.29, 1.82) is 0 Å². The number of ether oxygens (including phenoxy) is 4. The highest BCUT2D eigenvalue weighted by atomic mass is 16.7. The fraction of sp³-hybridized carbons (Fsp3) is 1.00. The summed E-state index contributed by atoms with van der Waals surface area (Å²) in [5.41, 5.74) is 0. The van der Waals surface area contributed by atoms with Crippen LogP contribution in [0.2, 0.25) is 0 Å². The van der Waals surface area contributed by atoms with Crippen LogP contribution in [0.4, 0.5) is 0 Å². The van der Waals surface area contributed by atoms with Crippen molar-refractivity contribution in [3.05, 3.63) is 0 Å². The molecule has 0 amide bonds. The van der Waals surface area contributed by atoms with Crippen molar-refractivity contribution >= 4 is 0 Å². The molecular weight excluding hydrogens is 210 g/mol. The SMILES string of the molecule is CCOC(CNCCOCCOC)OCC. The predicted molar refractivity (Wildman–Crippen MR) is 62.6 cm³/mol. The van der Waals surface area contributed by atoms with E-state index in [4.69, 9.17) is 18.9 Å². The molecule has 5 heteroatoms. The van der Waals surface area contributed by atoms with E-state index in [1.807, 2.05) is 13.8 Å². The monoisotopic (exact) mass is 235 g/mol. The highest BCUT2D eigenvalue weighted by Gasteiger charge is 2.05. The van der Waals surface area contributed by atoms with Gasteiger partial charge in [0.1, 0.15) is 0 Å². The van der Waals surface area contributed by atoms with Crippen molar-refractivity contribution < 1.29 is 18.9 Å². The maximum absolute atomic E-state index is 5.38. The Hall–Kier alpha value is -0.200. The summed E-state index contributed by atoms with van der Waals surface area (Å²) in [5, 5.41) is 3.22. The van der Waals surface area contributed by atoms with E-state index in [0.717, 1.165) is 6.54 Å². The van der Waals surface area contributed by atoms with E-state index in [0.29, 0.717) is 39.6 Å². The van der Waals surface area contributed by atoms with Crippen LogP contribution in [0.25, 0.3) is 0 Å². The van der Waals surface area contributed by atoms with Crippen LogP contribution in [0.1, 0.15) is 13.8 Å². The number of nitrogens with one attached hydrogen (secondary N) is 1. The van der Waals surface area contributed by atoms with E-state index in [1.54, 1.807) is 7.11 Å². The molecule has 0 aromatic carbocycles. The molecule has 0 spiro atoms. The summed E-state index contributed by atoms with van der Waals surface area (Å²) in [5.74, 6) is 0. The predicted octanol–water partition coefficient (Wildman–Crippen LogP) is 0.638. The van der Waals surface area contributed by atoms with Gasteiger partial charge in [0.05, 0.1) is 19.8 Å². The van der Waals surface area contributed by atoms with Gasteiger partial charge in [-0.2, -0.15) is 0 Å². The Morgan fingerprint density at radius 3 is 2.25 bits per heavy atom. The molecule has 0 saturated carbocycles. The molecule has 1 N–H and O–H groups in total. The van der Waals surface area contributed by atoms with Gasteiger partial charge in [-0.15, -0.1) is 0 Å². The second-order valence-corrected chi connectivity index (χ2v) is 3.15. The van der Waals surface area contributed by atoms with E-state index >= 15 is 0 Å². The molecule has 0 aromatic heterocycles. The third-order valence-electron chi connectivity index (χ3n) is 1.87. The quantitative estimate of drug-likeness (QED) is 0.397. The first-order valence-electron chi connectivity index (χ1n) is 5.85. The van der Waals surface area contributed by atoms with Crippen molar-refractivity contribution in [2.24, 2.45) is 0 Å². The van der Waals surface area contributed by atoms with Crippen molar-refractivity contribution in [1.82, 2.24) is 5.32 Å². The summed E-state index contributed by atoms with van der Waals surface area (Å²) >= 11 is 0. The fourth-order valence-corrected chi connectivity index (χ4v) is 1.15. The van der Waals surface area contributed by atoms with Gasteiger partial charge in [0.25, 0.3) is 0 Å². The van der Waals surface area contributed by atoms with Crippen LogP contribution < -0.4 is 5.32 Å². The van der Waals surface area contributed by atoms with Crippen LogP contribution in [0, 0.1) is 0 Å². The second-order valence-electron chi connectivity index (χ2n) is 3.15. The molecule has 5 nitrogen and oxygen atoms in total. The van der Waals surface area contributed by atoms with E-state index in [1.165, 1.54) is 0 Å². The van der Waals surface area contributed by atoms with Gasteiger partial charge in [-0.25, -0.2) is 0 Å². The topological polar surface area (TPSA) is 49.0 Å². The van der Waals surface area contributed by atoms with Crippen LogP contribution in [-0.4, -0.2) is 59.5 Å². The average Bonchev–Trinajstić information content (AvgIpc) is 2.28. The molecule has 0 saturated heterocycles. The Bertz CT molecular complexity index is 129. The van der Waals surface area contributed by atoms with Crippen LogP contribution in [0.15, 0.2) is 0 Å². The summed E-state index contributed by atoms with van der Waals surface area (Å²) in [4.78, 5) is 0. The van der Waals surface area contributed by atoms with Crippen molar-refractivity contribution in [3.63, 3.8) is 0 Å². The lowest BCUT2D eigenvalue weighted by atomic mass is 10.5. The molecule has 16 heavy (non-hydrogen) atoms. The lowest BCUT2D eigenvalue weighted by Crippen LogP contribution is -2.33. The summed E-state index contributed by atoms with van der Waals surface area (Å²) in [6.07, 6.45) is -0.158. The first-order chi connectivity index (χ1) is 7.85. The van der Waals surface area contributed by atoms with Gasteiger partial charge in [-0.3, -0.25) is 0 Å². The van der Waals surface area contributed by atoms with Gasteiger partial charge in [0.15, 0.2) is 6.29 Å². The molecule has 0 fully saturated rings. The van der Waals surface area contributed by atoms with E-state index in [-0.39, 0.29) is 6.29 Å². The second kappa shape index (κ2) is 12.9. The molecule has 0 aliphatic rings. The Morgan fingerprint density at radius 1 is 1.00 bits per heavy atom. The zero-order valence-corrected chi connectivity index (χ0v) is 10.7. The maximum Gasteiger partial charge on any atom is 0.169 e.